The van der Waals surface area contributed by atoms with Gasteiger partial charge in [-0.1, -0.05) is 37.8 Å². The fraction of sp³-hybridized carbons (Fsp3) is 0.636. The summed E-state index contributed by atoms with van der Waals surface area (Å²) in [5.41, 5.74) is 0.249. The third-order valence-corrected chi connectivity index (χ3v) is 5.24. The molecule has 11 nitrogen and oxygen atoms in total. The van der Waals surface area contributed by atoms with Crippen LogP contribution in [0.25, 0.3) is 0 Å². The van der Waals surface area contributed by atoms with E-state index in [-0.39, 0.29) is 5.69 Å². The average Bonchev–Trinajstić information content (AvgIpc) is 3.24. The smallest absolute Gasteiger partial charge is 0.350 e. The second kappa shape index (κ2) is 11.5. The zero-order chi connectivity index (χ0) is 23.8. The van der Waals surface area contributed by atoms with Gasteiger partial charge < -0.3 is 18.9 Å². The molecular formula is C22H31N3O8. The topological polar surface area (TPSA) is 131 Å². The molecule has 1 aromatic carbocycles. The number of nitro benzene ring substituents is 1. The highest BCUT2D eigenvalue weighted by molar-refractivity contribution is 5.85. The molecule has 4 atom stereocenters. The molecule has 1 aromatic rings. The summed E-state index contributed by atoms with van der Waals surface area (Å²) >= 11 is 0. The van der Waals surface area contributed by atoms with Crippen molar-refractivity contribution in [3.8, 4) is 0 Å². The number of hydrogen-bond acceptors (Lipinski definition) is 9. The molecule has 2 saturated heterocycles. The van der Waals surface area contributed by atoms with Gasteiger partial charge in [0, 0.05) is 24.4 Å². The summed E-state index contributed by atoms with van der Waals surface area (Å²) in [6, 6.07) is 5.33. The number of ether oxygens (including phenoxy) is 4. The summed E-state index contributed by atoms with van der Waals surface area (Å²) in [5, 5.41) is 16.8. The molecule has 2 aliphatic rings. The lowest BCUT2D eigenvalue weighted by Crippen LogP contribution is -2.31. The Kier molecular flexibility index (Phi) is 8.73. The molecule has 2 aliphatic heterocycles. The van der Waals surface area contributed by atoms with Gasteiger partial charge in [0.25, 0.3) is 5.69 Å². The maximum Gasteiger partial charge on any atom is 0.437 e. The monoisotopic (exact) mass is 465 g/mol. The number of benzene rings is 1. The molecule has 0 aliphatic carbocycles. The molecule has 0 aromatic heterocycles. The molecule has 0 unspecified atom stereocenters. The van der Waals surface area contributed by atoms with Crippen molar-refractivity contribution in [1.82, 2.24) is 0 Å². The van der Waals surface area contributed by atoms with Crippen molar-refractivity contribution in [2.45, 2.75) is 83.3 Å². The van der Waals surface area contributed by atoms with E-state index in [9.17, 15) is 14.9 Å². The Morgan fingerprint density at radius 1 is 1.18 bits per heavy atom. The van der Waals surface area contributed by atoms with E-state index in [2.05, 4.69) is 17.4 Å². The Hall–Kier alpha value is -2.60. The maximum atomic E-state index is 11.9. The van der Waals surface area contributed by atoms with Gasteiger partial charge >= 0.3 is 6.09 Å². The Balaban J connectivity index is 1.49. The zero-order valence-corrected chi connectivity index (χ0v) is 19.1. The highest BCUT2D eigenvalue weighted by Gasteiger charge is 2.55. The lowest BCUT2D eigenvalue weighted by Gasteiger charge is -2.23. The van der Waals surface area contributed by atoms with Gasteiger partial charge in [-0.05, 0) is 32.4 Å². The number of carbonyl (C=O) groups excluding carboxylic acids is 1. The number of rotatable bonds is 11. The van der Waals surface area contributed by atoms with E-state index in [1.807, 2.05) is 13.8 Å². The first kappa shape index (κ1) is 25.0. The predicted octanol–water partition coefficient (Wildman–Crippen LogP) is 4.36. The Morgan fingerprint density at radius 2 is 1.88 bits per heavy atom. The van der Waals surface area contributed by atoms with Gasteiger partial charge in [-0.2, -0.15) is 0 Å². The number of carbonyl (C=O) groups is 1. The molecule has 33 heavy (non-hydrogen) atoms. The lowest BCUT2D eigenvalue weighted by atomic mass is 10.1. The number of oxime groups is 1. The number of hydrogen-bond donors (Lipinski definition) is 1. The molecular weight excluding hydrogens is 434 g/mol. The SMILES string of the molecule is CCCCCCCO[C@H]1O[C@H](C=NOC(=O)Nc2ccc([N+](=O)[O-])cc2)[C@@H]2OC(C)(C)O[C@H]12. The standard InChI is InChI=1S/C22H31N3O8/c1-4-5-6-7-8-13-29-20-19-18(31-22(2,3)32-19)17(30-20)14-23-33-21(26)24-15-9-11-16(12-10-15)25(27)28/h9-12,14,17-20H,4-8,13H2,1-3H3,(H,24,26)/t17-,18+,19+,20+/m1/s1. The van der Waals surface area contributed by atoms with Gasteiger partial charge in [-0.15, -0.1) is 0 Å². The summed E-state index contributed by atoms with van der Waals surface area (Å²) in [6.07, 6.45) is 4.02. The van der Waals surface area contributed by atoms with E-state index in [4.69, 9.17) is 23.8 Å². The van der Waals surface area contributed by atoms with Crippen LogP contribution in [-0.2, 0) is 23.8 Å². The molecule has 2 heterocycles. The largest absolute Gasteiger partial charge is 0.437 e. The highest BCUT2D eigenvalue weighted by atomic mass is 16.8. The van der Waals surface area contributed by atoms with Crippen LogP contribution in [0.2, 0.25) is 0 Å². The van der Waals surface area contributed by atoms with Gasteiger partial charge in [0.2, 0.25) is 0 Å². The Bertz CT molecular complexity index is 829. The van der Waals surface area contributed by atoms with Crippen LogP contribution in [0.5, 0.6) is 0 Å². The number of non-ortho nitro benzene ring substituents is 1. The molecule has 2 fully saturated rings. The molecule has 0 spiro atoms. The second-order valence-corrected chi connectivity index (χ2v) is 8.38. The van der Waals surface area contributed by atoms with Gasteiger partial charge in [-0.3, -0.25) is 20.3 Å². The summed E-state index contributed by atoms with van der Waals surface area (Å²) in [6.45, 7) is 6.36. The molecule has 11 heteroatoms. The maximum absolute atomic E-state index is 11.9. The van der Waals surface area contributed by atoms with Crippen molar-refractivity contribution in [3.63, 3.8) is 0 Å². The average molecular weight is 466 g/mol. The molecule has 0 radical (unpaired) electrons. The first-order chi connectivity index (χ1) is 15.8. The second-order valence-electron chi connectivity index (χ2n) is 8.38. The number of unbranched alkanes of at least 4 members (excludes halogenated alkanes) is 4. The van der Waals surface area contributed by atoms with Crippen molar-refractivity contribution in [3.05, 3.63) is 34.4 Å². The number of amides is 1. The number of nitrogens with zero attached hydrogens (tertiary/aromatic N) is 2. The first-order valence-electron chi connectivity index (χ1n) is 11.2. The van der Waals surface area contributed by atoms with Crippen LogP contribution < -0.4 is 5.32 Å². The normalized spacial score (nSPS) is 25.8. The number of nitrogens with one attached hydrogen (secondary N) is 1. The Morgan fingerprint density at radius 3 is 2.58 bits per heavy atom. The summed E-state index contributed by atoms with van der Waals surface area (Å²) in [4.78, 5) is 26.9. The quantitative estimate of drug-likeness (QED) is 0.168. The van der Waals surface area contributed by atoms with E-state index < -0.39 is 41.4 Å². The molecule has 1 N–H and O–H groups in total. The van der Waals surface area contributed by atoms with Gasteiger partial charge in [0.1, 0.15) is 18.3 Å². The number of fused-ring (bicyclic) bond motifs is 1. The van der Waals surface area contributed by atoms with E-state index >= 15 is 0 Å². The number of anilines is 1. The van der Waals surface area contributed by atoms with E-state index in [1.165, 1.54) is 49.7 Å². The fourth-order valence-electron chi connectivity index (χ4n) is 3.70. The third kappa shape index (κ3) is 7.19. The van der Waals surface area contributed by atoms with Crippen molar-refractivity contribution in [1.29, 1.82) is 0 Å². The van der Waals surface area contributed by atoms with Gasteiger partial charge in [0.05, 0.1) is 11.1 Å². The summed E-state index contributed by atoms with van der Waals surface area (Å²) in [5.74, 6) is -0.790. The molecule has 3 rings (SSSR count). The molecule has 0 bridgehead atoms. The molecule has 182 valence electrons. The Labute approximate surface area is 192 Å². The van der Waals surface area contributed by atoms with Crippen molar-refractivity contribution in [2.75, 3.05) is 11.9 Å². The fourth-order valence-corrected chi connectivity index (χ4v) is 3.70. The zero-order valence-electron chi connectivity index (χ0n) is 19.1. The van der Waals surface area contributed by atoms with Crippen LogP contribution in [0.3, 0.4) is 0 Å². The first-order valence-corrected chi connectivity index (χ1v) is 11.2. The lowest BCUT2D eigenvalue weighted by molar-refractivity contribution is -0.384. The van der Waals surface area contributed by atoms with Crippen LogP contribution in [0.15, 0.2) is 29.4 Å². The predicted molar refractivity (Wildman–Crippen MR) is 119 cm³/mol. The van der Waals surface area contributed by atoms with Crippen LogP contribution in [0, 0.1) is 10.1 Å². The summed E-state index contributed by atoms with van der Waals surface area (Å²) < 4.78 is 23.7. The van der Waals surface area contributed by atoms with Crippen molar-refractivity contribution in [2.24, 2.45) is 5.16 Å². The number of nitro groups is 1. The van der Waals surface area contributed by atoms with Crippen LogP contribution in [0.4, 0.5) is 16.2 Å². The summed E-state index contributed by atoms with van der Waals surface area (Å²) in [7, 11) is 0. The minimum atomic E-state index is -0.849. The van der Waals surface area contributed by atoms with E-state index in [0.717, 1.165) is 12.8 Å². The third-order valence-electron chi connectivity index (χ3n) is 5.24. The van der Waals surface area contributed by atoms with E-state index in [0.29, 0.717) is 12.3 Å². The minimum Gasteiger partial charge on any atom is -0.350 e. The molecule has 0 saturated carbocycles. The van der Waals surface area contributed by atoms with Crippen LogP contribution in [0.1, 0.15) is 52.9 Å². The van der Waals surface area contributed by atoms with Crippen molar-refractivity contribution >= 4 is 23.7 Å². The van der Waals surface area contributed by atoms with Gasteiger partial charge in [0.15, 0.2) is 12.1 Å². The van der Waals surface area contributed by atoms with E-state index in [1.54, 1.807) is 0 Å². The van der Waals surface area contributed by atoms with Gasteiger partial charge in [-0.25, -0.2) is 4.79 Å². The molecule has 1 amide bonds. The highest BCUT2D eigenvalue weighted by Crippen LogP contribution is 2.38. The van der Waals surface area contributed by atoms with Crippen LogP contribution in [-0.4, -0.2) is 54.2 Å². The van der Waals surface area contributed by atoms with Crippen LogP contribution >= 0.6 is 0 Å². The minimum absolute atomic E-state index is 0.0840. The van der Waals surface area contributed by atoms with Crippen molar-refractivity contribution < 1.29 is 33.5 Å².